The van der Waals surface area contributed by atoms with E-state index in [-0.39, 0.29) is 5.91 Å². The summed E-state index contributed by atoms with van der Waals surface area (Å²) in [6.07, 6.45) is 0. The van der Waals surface area contributed by atoms with Crippen LogP contribution in [0.2, 0.25) is 5.02 Å². The van der Waals surface area contributed by atoms with Crippen molar-refractivity contribution in [3.63, 3.8) is 0 Å². The minimum atomic E-state index is -0.632. The number of piperazine rings is 1. The third kappa shape index (κ3) is 3.08. The van der Waals surface area contributed by atoms with Crippen molar-refractivity contribution in [2.45, 2.75) is 6.04 Å². The van der Waals surface area contributed by atoms with Crippen LogP contribution in [0.25, 0.3) is 0 Å². The number of hydrogen-bond acceptors (Lipinski definition) is 3. The molecule has 1 aliphatic heterocycles. The first kappa shape index (κ1) is 14.3. The van der Waals surface area contributed by atoms with E-state index in [0.717, 1.165) is 0 Å². The highest BCUT2D eigenvalue weighted by atomic mass is 79.9. The molecule has 0 bridgehead atoms. The van der Waals surface area contributed by atoms with Gasteiger partial charge in [-0.3, -0.25) is 9.59 Å². The van der Waals surface area contributed by atoms with Crippen LogP contribution >= 0.6 is 27.5 Å². The second-order valence-corrected chi connectivity index (χ2v) is 5.54. The van der Waals surface area contributed by atoms with Gasteiger partial charge in [-0.25, -0.2) is 0 Å². The number of nitrogens with one attached hydrogen (secondary N) is 1. The minimum Gasteiger partial charge on any atom is -0.368 e. The highest BCUT2D eigenvalue weighted by Crippen LogP contribution is 2.23. The summed E-state index contributed by atoms with van der Waals surface area (Å²) in [6, 6.07) is 4.34. The molecule has 1 unspecified atom stereocenters. The maximum atomic E-state index is 12.5. The molecule has 0 aliphatic carbocycles. The third-order valence-corrected chi connectivity index (χ3v) is 3.92. The van der Waals surface area contributed by atoms with Crippen molar-refractivity contribution in [2.24, 2.45) is 5.73 Å². The molecule has 0 saturated carbocycles. The molecule has 3 N–H and O–H groups in total. The Kier molecular flexibility index (Phi) is 4.44. The van der Waals surface area contributed by atoms with E-state index in [4.69, 9.17) is 17.3 Å². The van der Waals surface area contributed by atoms with Crippen LogP contribution in [0, 0.1) is 0 Å². The lowest BCUT2D eigenvalue weighted by Crippen LogP contribution is -2.58. The zero-order chi connectivity index (χ0) is 14.0. The molecule has 2 rings (SSSR count). The predicted molar refractivity (Wildman–Crippen MR) is 76.0 cm³/mol. The number of halogens is 2. The molecule has 1 atom stereocenters. The second kappa shape index (κ2) is 5.90. The summed E-state index contributed by atoms with van der Waals surface area (Å²) >= 11 is 9.22. The Hall–Kier alpha value is -1.11. The normalized spacial score (nSPS) is 19.3. The molecular formula is C12H13BrClN3O2. The Bertz CT molecular complexity index is 524. The van der Waals surface area contributed by atoms with Gasteiger partial charge in [-0.1, -0.05) is 11.6 Å². The topological polar surface area (TPSA) is 75.4 Å². The van der Waals surface area contributed by atoms with Gasteiger partial charge in [0.25, 0.3) is 5.91 Å². The van der Waals surface area contributed by atoms with Crippen LogP contribution in [-0.2, 0) is 4.79 Å². The van der Waals surface area contributed by atoms with Gasteiger partial charge in [0.15, 0.2) is 0 Å². The first-order valence-corrected chi connectivity index (χ1v) is 6.94. The minimum absolute atomic E-state index is 0.250. The van der Waals surface area contributed by atoms with E-state index in [2.05, 4.69) is 21.2 Å². The van der Waals surface area contributed by atoms with Crippen molar-refractivity contribution in [1.29, 1.82) is 0 Å². The quantitative estimate of drug-likeness (QED) is 0.839. The van der Waals surface area contributed by atoms with Gasteiger partial charge in [-0.15, -0.1) is 0 Å². The number of nitrogens with zero attached hydrogens (tertiary/aromatic N) is 1. The van der Waals surface area contributed by atoms with Crippen molar-refractivity contribution in [3.8, 4) is 0 Å². The number of primary amides is 1. The fraction of sp³-hybridized carbons (Fsp3) is 0.333. The smallest absolute Gasteiger partial charge is 0.255 e. The summed E-state index contributed by atoms with van der Waals surface area (Å²) in [4.78, 5) is 25.4. The average molecular weight is 347 g/mol. The van der Waals surface area contributed by atoms with Crippen molar-refractivity contribution in [3.05, 3.63) is 33.3 Å². The Labute approximate surface area is 124 Å². The highest BCUT2D eigenvalue weighted by molar-refractivity contribution is 9.10. The van der Waals surface area contributed by atoms with Crippen LogP contribution in [0.3, 0.4) is 0 Å². The maximum absolute atomic E-state index is 12.5. The number of hydrogen-bond donors (Lipinski definition) is 2. The number of benzene rings is 1. The van der Waals surface area contributed by atoms with Gasteiger partial charge in [-0.05, 0) is 34.1 Å². The molecule has 1 saturated heterocycles. The molecule has 5 nitrogen and oxygen atoms in total. The fourth-order valence-corrected chi connectivity index (χ4v) is 2.61. The molecule has 0 radical (unpaired) electrons. The number of carbonyl (C=O) groups is 2. The van der Waals surface area contributed by atoms with Crippen LogP contribution < -0.4 is 11.1 Å². The Morgan fingerprint density at radius 2 is 2.21 bits per heavy atom. The van der Waals surface area contributed by atoms with Gasteiger partial charge in [-0.2, -0.15) is 0 Å². The zero-order valence-electron chi connectivity index (χ0n) is 10.0. The molecule has 0 spiro atoms. The molecule has 19 heavy (non-hydrogen) atoms. The zero-order valence-corrected chi connectivity index (χ0v) is 12.4. The van der Waals surface area contributed by atoms with Crippen LogP contribution in [0.15, 0.2) is 22.7 Å². The Balaban J connectivity index is 2.31. The summed E-state index contributed by atoms with van der Waals surface area (Å²) in [5.74, 6) is -0.765. The van der Waals surface area contributed by atoms with Crippen molar-refractivity contribution >= 4 is 39.3 Å². The summed E-state index contributed by atoms with van der Waals surface area (Å²) in [5, 5.41) is 3.52. The van der Waals surface area contributed by atoms with Gasteiger partial charge in [0.05, 0.1) is 5.56 Å². The second-order valence-electron chi connectivity index (χ2n) is 4.25. The van der Waals surface area contributed by atoms with E-state index in [9.17, 15) is 9.59 Å². The summed E-state index contributed by atoms with van der Waals surface area (Å²) < 4.78 is 0.642. The third-order valence-electron chi connectivity index (χ3n) is 2.99. The molecule has 102 valence electrons. The van der Waals surface area contributed by atoms with Gasteiger partial charge in [0.1, 0.15) is 6.04 Å². The van der Waals surface area contributed by atoms with Crippen LogP contribution in [-0.4, -0.2) is 42.4 Å². The number of carbonyl (C=O) groups excluding carboxylic acids is 2. The van der Waals surface area contributed by atoms with E-state index in [1.54, 1.807) is 18.2 Å². The van der Waals surface area contributed by atoms with Gasteiger partial charge < -0.3 is 16.0 Å². The molecular weight excluding hydrogens is 334 g/mol. The van der Waals surface area contributed by atoms with E-state index in [1.165, 1.54) is 4.90 Å². The molecule has 1 heterocycles. The van der Waals surface area contributed by atoms with Gasteiger partial charge in [0, 0.05) is 29.1 Å². The lowest BCUT2D eigenvalue weighted by atomic mass is 10.1. The van der Waals surface area contributed by atoms with Crippen LogP contribution in [0.4, 0.5) is 0 Å². The molecule has 1 fully saturated rings. The molecule has 7 heteroatoms. The summed E-state index contributed by atoms with van der Waals surface area (Å²) in [6.45, 7) is 1.44. The molecule has 1 aliphatic rings. The SMILES string of the molecule is NC(=O)C1CNCCN1C(=O)c1cc(Cl)ccc1Br. The van der Waals surface area contributed by atoms with E-state index in [0.29, 0.717) is 34.7 Å². The molecule has 0 aromatic heterocycles. The molecule has 1 aromatic carbocycles. The lowest BCUT2D eigenvalue weighted by molar-refractivity contribution is -0.122. The van der Waals surface area contributed by atoms with Crippen molar-refractivity contribution < 1.29 is 9.59 Å². The standard InChI is InChI=1S/C12H13BrClN3O2/c13-9-2-1-7(14)5-8(9)12(19)17-4-3-16-6-10(17)11(15)18/h1-2,5,10,16H,3-4,6H2,(H2,15,18). The number of amides is 2. The first-order valence-electron chi connectivity index (χ1n) is 5.76. The predicted octanol–water partition coefficient (Wildman–Crippen LogP) is 1.00. The van der Waals surface area contributed by atoms with Crippen molar-refractivity contribution in [2.75, 3.05) is 19.6 Å². The van der Waals surface area contributed by atoms with E-state index >= 15 is 0 Å². The summed E-state index contributed by atoms with van der Waals surface area (Å²) in [5.41, 5.74) is 5.76. The number of nitrogens with two attached hydrogens (primary N) is 1. The maximum Gasteiger partial charge on any atom is 0.255 e. The fourth-order valence-electron chi connectivity index (χ4n) is 2.02. The molecule has 1 aromatic rings. The van der Waals surface area contributed by atoms with E-state index in [1.807, 2.05) is 0 Å². The van der Waals surface area contributed by atoms with Gasteiger partial charge in [0.2, 0.25) is 5.91 Å². The van der Waals surface area contributed by atoms with Crippen LogP contribution in [0.1, 0.15) is 10.4 Å². The van der Waals surface area contributed by atoms with Gasteiger partial charge >= 0.3 is 0 Å². The van der Waals surface area contributed by atoms with Crippen molar-refractivity contribution in [1.82, 2.24) is 10.2 Å². The Morgan fingerprint density at radius 3 is 2.89 bits per heavy atom. The number of rotatable bonds is 2. The van der Waals surface area contributed by atoms with Crippen LogP contribution in [0.5, 0.6) is 0 Å². The highest BCUT2D eigenvalue weighted by Gasteiger charge is 2.31. The average Bonchev–Trinajstić information content (AvgIpc) is 2.40. The first-order chi connectivity index (χ1) is 9.00. The van der Waals surface area contributed by atoms with E-state index < -0.39 is 11.9 Å². The monoisotopic (exact) mass is 345 g/mol. The lowest BCUT2D eigenvalue weighted by Gasteiger charge is -2.34. The summed E-state index contributed by atoms with van der Waals surface area (Å²) in [7, 11) is 0. The molecule has 2 amide bonds. The largest absolute Gasteiger partial charge is 0.368 e. The Morgan fingerprint density at radius 1 is 1.47 bits per heavy atom.